The molecule has 16 heteroatoms. The highest BCUT2D eigenvalue weighted by atomic mass is 32.2. The summed E-state index contributed by atoms with van der Waals surface area (Å²) in [5, 5.41) is 14.5. The van der Waals surface area contributed by atoms with Gasteiger partial charge < -0.3 is 20.3 Å². The van der Waals surface area contributed by atoms with Crippen molar-refractivity contribution in [2.45, 2.75) is 45.1 Å². The monoisotopic (exact) mass is 697 g/mol. The van der Waals surface area contributed by atoms with Crippen LogP contribution in [0.5, 0.6) is 0 Å². The number of anilines is 2. The van der Waals surface area contributed by atoms with Gasteiger partial charge >= 0.3 is 11.7 Å². The van der Waals surface area contributed by atoms with E-state index in [9.17, 15) is 41.9 Å². The molecule has 4 rings (SSSR count). The largest absolute Gasteiger partial charge is 0.480 e. The number of carboxylic acid groups (broad SMARTS) is 1. The van der Waals surface area contributed by atoms with Crippen LogP contribution in [0.3, 0.4) is 0 Å². The van der Waals surface area contributed by atoms with Crippen LogP contribution in [0, 0.1) is 24.0 Å². The minimum absolute atomic E-state index is 0.222. The Morgan fingerprint density at radius 2 is 1.53 bits per heavy atom. The molecule has 4 aromatic rings. The van der Waals surface area contributed by atoms with Gasteiger partial charge in [0, 0.05) is 42.4 Å². The van der Waals surface area contributed by atoms with Crippen molar-refractivity contribution < 1.29 is 36.7 Å². The molecule has 0 aliphatic carbocycles. The number of carbonyl (C=O) groups excluding carboxylic acids is 2. The normalized spacial score (nSPS) is 12.2. The first-order chi connectivity index (χ1) is 22.8. The molecule has 4 N–H and O–H groups in total. The molecule has 49 heavy (non-hydrogen) atoms. The van der Waals surface area contributed by atoms with Crippen LogP contribution in [0.2, 0.25) is 0 Å². The zero-order valence-corrected chi connectivity index (χ0v) is 27.8. The Hall–Kier alpha value is -5.64. The van der Waals surface area contributed by atoms with Gasteiger partial charge in [-0.1, -0.05) is 32.9 Å². The van der Waals surface area contributed by atoms with E-state index in [-0.39, 0.29) is 22.9 Å². The summed E-state index contributed by atoms with van der Waals surface area (Å²) in [4.78, 5) is 61.7. The molecule has 0 aliphatic heterocycles. The van der Waals surface area contributed by atoms with Gasteiger partial charge in [0.25, 0.3) is 21.5 Å². The van der Waals surface area contributed by atoms with E-state index >= 15 is 4.39 Å². The maximum atomic E-state index is 15.0. The number of sulfonamides is 1. The van der Waals surface area contributed by atoms with E-state index in [4.69, 9.17) is 0 Å². The standard InChI is InChI=1S/C33H33F2N5O8S/c1-18-14-28(41)40(32(46)39(18)5)21-10-6-19(7-11-21)15-27(30(43)44)37-29(42)23-16-25(35)26(17-24(23)34)38-49(47,48)22-12-8-20(9-13-22)36-31(45)33(2,3)4/h6-14,16-17,27,38H,15H2,1-5H3,(H,36,45)(H,37,42)(H,43,44)/t27-/m0/s1. The first-order valence-electron chi connectivity index (χ1n) is 14.6. The molecule has 3 aromatic carbocycles. The van der Waals surface area contributed by atoms with Crippen molar-refractivity contribution in [3.63, 3.8) is 0 Å². The van der Waals surface area contributed by atoms with Gasteiger partial charge in [-0.3, -0.25) is 19.1 Å². The fraction of sp³-hybridized carbons (Fsp3) is 0.242. The average molecular weight is 698 g/mol. The number of carbonyl (C=O) groups is 3. The molecule has 1 atom stereocenters. The van der Waals surface area contributed by atoms with Crippen LogP contribution in [-0.2, 0) is 33.1 Å². The van der Waals surface area contributed by atoms with E-state index in [0.717, 1.165) is 16.7 Å². The number of rotatable bonds is 10. The van der Waals surface area contributed by atoms with Gasteiger partial charge in [-0.2, -0.15) is 0 Å². The number of nitrogens with one attached hydrogen (secondary N) is 3. The van der Waals surface area contributed by atoms with E-state index in [0.29, 0.717) is 29.1 Å². The van der Waals surface area contributed by atoms with Crippen LogP contribution in [0.4, 0.5) is 20.2 Å². The topological polar surface area (TPSA) is 186 Å². The lowest BCUT2D eigenvalue weighted by atomic mass is 9.95. The lowest BCUT2D eigenvalue weighted by Gasteiger charge is -2.18. The molecular formula is C33H33F2N5O8S. The Bertz CT molecular complexity index is 2170. The van der Waals surface area contributed by atoms with Crippen molar-refractivity contribution in [2.75, 3.05) is 10.0 Å². The van der Waals surface area contributed by atoms with Crippen molar-refractivity contribution in [1.29, 1.82) is 0 Å². The number of nitrogens with zero attached hydrogens (tertiary/aromatic N) is 2. The molecule has 0 bridgehead atoms. The number of hydrogen-bond donors (Lipinski definition) is 4. The number of hydrogen-bond acceptors (Lipinski definition) is 7. The number of carboxylic acids is 1. The summed E-state index contributed by atoms with van der Waals surface area (Å²) in [7, 11) is -2.94. The predicted octanol–water partition coefficient (Wildman–Crippen LogP) is 3.33. The molecule has 0 spiro atoms. The van der Waals surface area contributed by atoms with Crippen molar-refractivity contribution in [3.05, 3.63) is 116 Å². The van der Waals surface area contributed by atoms with Gasteiger partial charge in [0.15, 0.2) is 0 Å². The van der Waals surface area contributed by atoms with Crippen LogP contribution < -0.4 is 26.6 Å². The third kappa shape index (κ3) is 8.27. The summed E-state index contributed by atoms with van der Waals surface area (Å²) in [5.74, 6) is -5.73. The Kier molecular flexibility index (Phi) is 10.2. The second-order valence-electron chi connectivity index (χ2n) is 12.2. The van der Waals surface area contributed by atoms with Gasteiger partial charge in [0.1, 0.15) is 17.7 Å². The van der Waals surface area contributed by atoms with Gasteiger partial charge in [0.2, 0.25) is 5.91 Å². The van der Waals surface area contributed by atoms with Crippen LogP contribution >= 0.6 is 0 Å². The zero-order valence-electron chi connectivity index (χ0n) is 27.0. The number of aromatic nitrogens is 2. The van der Waals surface area contributed by atoms with Gasteiger partial charge in [-0.25, -0.2) is 31.4 Å². The molecular weight excluding hydrogens is 664 g/mol. The smallest absolute Gasteiger partial charge is 0.335 e. The predicted molar refractivity (Wildman–Crippen MR) is 176 cm³/mol. The number of aryl methyl sites for hydroxylation is 1. The quantitative estimate of drug-likeness (QED) is 0.194. The summed E-state index contributed by atoms with van der Waals surface area (Å²) in [6.45, 7) is 6.70. The fourth-order valence-corrected chi connectivity index (χ4v) is 5.52. The third-order valence-corrected chi connectivity index (χ3v) is 8.83. The lowest BCUT2D eigenvalue weighted by Crippen LogP contribution is -2.42. The number of benzene rings is 3. The van der Waals surface area contributed by atoms with E-state index in [2.05, 4.69) is 10.6 Å². The summed E-state index contributed by atoms with van der Waals surface area (Å²) < 4.78 is 59.9. The van der Waals surface area contributed by atoms with Gasteiger partial charge in [-0.15, -0.1) is 0 Å². The number of aliphatic carboxylic acids is 1. The fourth-order valence-electron chi connectivity index (χ4n) is 4.46. The van der Waals surface area contributed by atoms with Crippen molar-refractivity contribution >= 4 is 39.2 Å². The Morgan fingerprint density at radius 1 is 0.918 bits per heavy atom. The second kappa shape index (κ2) is 13.8. The first kappa shape index (κ1) is 36.2. The van der Waals surface area contributed by atoms with Crippen molar-refractivity contribution in [1.82, 2.24) is 14.5 Å². The van der Waals surface area contributed by atoms with Crippen LogP contribution in [0.1, 0.15) is 42.4 Å². The summed E-state index contributed by atoms with van der Waals surface area (Å²) in [6, 6.07) is 11.2. The Labute approximate surface area is 279 Å². The molecule has 0 unspecified atom stereocenters. The highest BCUT2D eigenvalue weighted by molar-refractivity contribution is 7.92. The van der Waals surface area contributed by atoms with E-state index < -0.39 is 67.5 Å². The SMILES string of the molecule is Cc1cc(=O)n(-c2ccc(C[C@H](NC(=O)c3cc(F)c(NS(=O)(=O)c4ccc(NC(=O)C(C)(C)C)cc4)cc3F)C(=O)O)cc2)c(=O)n1C. The van der Waals surface area contributed by atoms with Gasteiger partial charge in [-0.05, 0) is 55.0 Å². The van der Waals surface area contributed by atoms with E-state index in [1.165, 1.54) is 54.1 Å². The minimum atomic E-state index is -4.44. The molecule has 1 heterocycles. The molecule has 0 radical (unpaired) electrons. The highest BCUT2D eigenvalue weighted by Crippen LogP contribution is 2.25. The number of amides is 2. The van der Waals surface area contributed by atoms with E-state index in [1.54, 1.807) is 27.7 Å². The first-order valence-corrected chi connectivity index (χ1v) is 16.1. The third-order valence-electron chi connectivity index (χ3n) is 7.45. The van der Waals surface area contributed by atoms with Crippen LogP contribution in [0.15, 0.2) is 81.2 Å². The lowest BCUT2D eigenvalue weighted by molar-refractivity contribution is -0.139. The van der Waals surface area contributed by atoms with Gasteiger partial charge in [0.05, 0.1) is 21.8 Å². The molecule has 0 fully saturated rings. The molecule has 0 aliphatic rings. The van der Waals surface area contributed by atoms with Crippen LogP contribution in [0.25, 0.3) is 5.69 Å². The zero-order chi connectivity index (χ0) is 36.4. The highest BCUT2D eigenvalue weighted by Gasteiger charge is 2.26. The Morgan fingerprint density at radius 3 is 2.10 bits per heavy atom. The second-order valence-corrected chi connectivity index (χ2v) is 13.9. The average Bonchev–Trinajstić information content (AvgIpc) is 3.01. The molecule has 13 nitrogen and oxygen atoms in total. The molecule has 258 valence electrons. The van der Waals surface area contributed by atoms with Crippen LogP contribution in [-0.4, -0.2) is 46.5 Å². The minimum Gasteiger partial charge on any atom is -0.480 e. The molecule has 0 saturated carbocycles. The summed E-state index contributed by atoms with van der Waals surface area (Å²) >= 11 is 0. The molecule has 0 saturated heterocycles. The maximum absolute atomic E-state index is 15.0. The van der Waals surface area contributed by atoms with E-state index in [1.807, 2.05) is 4.72 Å². The summed E-state index contributed by atoms with van der Waals surface area (Å²) in [6.07, 6.45) is -0.303. The van der Waals surface area contributed by atoms with Crippen molar-refractivity contribution in [3.8, 4) is 5.69 Å². The summed E-state index contributed by atoms with van der Waals surface area (Å²) in [5.41, 5.74) is -2.17. The Balaban J connectivity index is 1.47. The molecule has 1 aromatic heterocycles. The molecule has 2 amide bonds. The van der Waals surface area contributed by atoms with Crippen molar-refractivity contribution in [2.24, 2.45) is 12.5 Å². The number of halogens is 2. The maximum Gasteiger partial charge on any atom is 0.335 e.